The van der Waals surface area contributed by atoms with Gasteiger partial charge < -0.3 is 14.4 Å². The van der Waals surface area contributed by atoms with Crippen molar-refractivity contribution in [3.8, 4) is 11.5 Å². The molecule has 0 saturated carbocycles. The van der Waals surface area contributed by atoms with Crippen molar-refractivity contribution in [2.24, 2.45) is 0 Å². The summed E-state index contributed by atoms with van der Waals surface area (Å²) in [5, 5.41) is 0. The van der Waals surface area contributed by atoms with Gasteiger partial charge in [-0.2, -0.15) is 0 Å². The van der Waals surface area contributed by atoms with Crippen molar-refractivity contribution in [3.63, 3.8) is 0 Å². The molecular formula is C17H18N2O3. The van der Waals surface area contributed by atoms with Crippen LogP contribution in [0.4, 0.5) is 0 Å². The van der Waals surface area contributed by atoms with E-state index in [4.69, 9.17) is 9.47 Å². The van der Waals surface area contributed by atoms with Gasteiger partial charge in [0.05, 0.1) is 6.54 Å². The monoisotopic (exact) mass is 298 g/mol. The maximum Gasteiger partial charge on any atom is 0.260 e. The summed E-state index contributed by atoms with van der Waals surface area (Å²) >= 11 is 0. The molecule has 0 aliphatic carbocycles. The molecule has 2 heterocycles. The lowest BCUT2D eigenvalue weighted by Crippen LogP contribution is -2.34. The first kappa shape index (κ1) is 14.4. The number of nitrogens with zero attached hydrogens (tertiary/aromatic N) is 2. The molecule has 0 radical (unpaired) electrons. The van der Waals surface area contributed by atoms with Crippen molar-refractivity contribution < 1.29 is 14.3 Å². The van der Waals surface area contributed by atoms with E-state index in [1.54, 1.807) is 17.3 Å². The summed E-state index contributed by atoms with van der Waals surface area (Å²) in [5.41, 5.74) is 0. The van der Waals surface area contributed by atoms with Crippen LogP contribution >= 0.6 is 0 Å². The van der Waals surface area contributed by atoms with Crippen molar-refractivity contribution in [1.29, 1.82) is 0 Å². The number of carbonyl (C=O) groups excluding carboxylic acids is 1. The van der Waals surface area contributed by atoms with Crippen LogP contribution in [0.1, 0.15) is 6.42 Å². The van der Waals surface area contributed by atoms with Crippen molar-refractivity contribution in [3.05, 3.63) is 54.9 Å². The highest BCUT2D eigenvalue weighted by Gasteiger charge is 2.27. The van der Waals surface area contributed by atoms with Gasteiger partial charge >= 0.3 is 0 Å². The minimum Gasteiger partial charge on any atom is -0.488 e. The molecule has 2 aromatic rings. The molecule has 1 amide bonds. The average molecular weight is 298 g/mol. The highest BCUT2D eigenvalue weighted by molar-refractivity contribution is 5.78. The Morgan fingerprint density at radius 1 is 1.14 bits per heavy atom. The van der Waals surface area contributed by atoms with Crippen molar-refractivity contribution in [2.45, 2.75) is 12.5 Å². The van der Waals surface area contributed by atoms with Gasteiger partial charge in [0.15, 0.2) is 6.61 Å². The second kappa shape index (κ2) is 6.93. The minimum atomic E-state index is -0.00955. The summed E-state index contributed by atoms with van der Waals surface area (Å²) < 4.78 is 11.3. The molecular weight excluding hydrogens is 280 g/mol. The van der Waals surface area contributed by atoms with Crippen molar-refractivity contribution in [2.75, 3.05) is 19.7 Å². The van der Waals surface area contributed by atoms with Crippen LogP contribution < -0.4 is 9.47 Å². The maximum absolute atomic E-state index is 12.2. The van der Waals surface area contributed by atoms with Crippen LogP contribution in [0.3, 0.4) is 0 Å². The lowest BCUT2D eigenvalue weighted by Gasteiger charge is -2.17. The zero-order valence-corrected chi connectivity index (χ0v) is 12.2. The number of pyridine rings is 1. The molecule has 0 bridgehead atoms. The Morgan fingerprint density at radius 2 is 1.91 bits per heavy atom. The second-order valence-electron chi connectivity index (χ2n) is 5.15. The molecule has 1 fully saturated rings. The number of likely N-dealkylation sites (tertiary alicyclic amines) is 1. The number of ether oxygens (including phenoxy) is 2. The van der Waals surface area contributed by atoms with Gasteiger partial charge in [0, 0.05) is 25.4 Å². The average Bonchev–Trinajstić information content (AvgIpc) is 3.03. The summed E-state index contributed by atoms with van der Waals surface area (Å²) in [6, 6.07) is 13.0. The summed E-state index contributed by atoms with van der Waals surface area (Å²) in [5.74, 6) is 1.49. The SMILES string of the molecule is O=C(COc1ccccc1)N1CC[C@H](Oc2ccncc2)C1. The molecule has 0 spiro atoms. The first-order valence-corrected chi connectivity index (χ1v) is 7.33. The van der Waals surface area contributed by atoms with Crippen LogP contribution in [-0.4, -0.2) is 41.6 Å². The van der Waals surface area contributed by atoms with Gasteiger partial charge in [-0.1, -0.05) is 18.2 Å². The lowest BCUT2D eigenvalue weighted by molar-refractivity contribution is -0.132. The van der Waals surface area contributed by atoms with E-state index in [9.17, 15) is 4.79 Å². The normalized spacial score (nSPS) is 17.3. The smallest absolute Gasteiger partial charge is 0.260 e. The van der Waals surface area contributed by atoms with E-state index >= 15 is 0 Å². The molecule has 1 atom stereocenters. The first-order valence-electron chi connectivity index (χ1n) is 7.33. The minimum absolute atomic E-state index is 0.00955. The predicted molar refractivity (Wildman–Crippen MR) is 81.8 cm³/mol. The number of amides is 1. The third kappa shape index (κ3) is 3.75. The van der Waals surface area contributed by atoms with E-state index in [0.717, 1.165) is 12.2 Å². The van der Waals surface area contributed by atoms with Gasteiger partial charge in [0.25, 0.3) is 5.91 Å². The molecule has 1 saturated heterocycles. The van der Waals surface area contributed by atoms with E-state index < -0.39 is 0 Å². The van der Waals surface area contributed by atoms with Gasteiger partial charge in [-0.25, -0.2) is 0 Å². The number of rotatable bonds is 5. The van der Waals surface area contributed by atoms with Gasteiger partial charge in [0.2, 0.25) is 0 Å². The Balaban J connectivity index is 1.46. The van der Waals surface area contributed by atoms with Crippen molar-refractivity contribution >= 4 is 5.91 Å². The summed E-state index contributed by atoms with van der Waals surface area (Å²) in [6.07, 6.45) is 4.25. The molecule has 5 heteroatoms. The van der Waals surface area contributed by atoms with Gasteiger partial charge in [0.1, 0.15) is 17.6 Å². The van der Waals surface area contributed by atoms with E-state index in [1.165, 1.54) is 0 Å². The fourth-order valence-corrected chi connectivity index (χ4v) is 2.41. The number of hydrogen-bond donors (Lipinski definition) is 0. The molecule has 114 valence electrons. The predicted octanol–water partition coefficient (Wildman–Crippen LogP) is 2.14. The highest BCUT2D eigenvalue weighted by atomic mass is 16.5. The summed E-state index contributed by atoms with van der Waals surface area (Å²) in [6.45, 7) is 1.36. The van der Waals surface area contributed by atoms with E-state index in [-0.39, 0.29) is 18.6 Å². The molecule has 5 nitrogen and oxygen atoms in total. The number of para-hydroxylation sites is 1. The molecule has 22 heavy (non-hydrogen) atoms. The molecule has 3 rings (SSSR count). The molecule has 1 aliphatic rings. The Kier molecular flexibility index (Phi) is 4.53. The third-order valence-electron chi connectivity index (χ3n) is 3.56. The fraction of sp³-hybridized carbons (Fsp3) is 0.294. The maximum atomic E-state index is 12.2. The van der Waals surface area contributed by atoms with Crippen LogP contribution in [0.25, 0.3) is 0 Å². The van der Waals surface area contributed by atoms with E-state index in [1.807, 2.05) is 42.5 Å². The zero-order valence-electron chi connectivity index (χ0n) is 12.2. The second-order valence-corrected chi connectivity index (χ2v) is 5.15. The third-order valence-corrected chi connectivity index (χ3v) is 3.56. The standard InChI is InChI=1S/C17H18N2O3/c20-17(13-21-14-4-2-1-3-5-14)19-11-8-16(12-19)22-15-6-9-18-10-7-15/h1-7,9-10,16H,8,11-13H2/t16-/m0/s1. The van der Waals surface area contributed by atoms with Crippen LogP contribution in [0.15, 0.2) is 54.9 Å². The number of aromatic nitrogens is 1. The lowest BCUT2D eigenvalue weighted by atomic mass is 10.3. The Hall–Kier alpha value is -2.56. The van der Waals surface area contributed by atoms with E-state index in [0.29, 0.717) is 18.8 Å². The fourth-order valence-electron chi connectivity index (χ4n) is 2.41. The largest absolute Gasteiger partial charge is 0.488 e. The quantitative estimate of drug-likeness (QED) is 0.848. The van der Waals surface area contributed by atoms with Crippen LogP contribution in [0, 0.1) is 0 Å². The van der Waals surface area contributed by atoms with Crippen LogP contribution in [0.2, 0.25) is 0 Å². The molecule has 0 N–H and O–H groups in total. The van der Waals surface area contributed by atoms with Crippen molar-refractivity contribution in [1.82, 2.24) is 9.88 Å². The molecule has 0 unspecified atom stereocenters. The number of hydrogen-bond acceptors (Lipinski definition) is 4. The number of carbonyl (C=O) groups is 1. The summed E-state index contributed by atoms with van der Waals surface area (Å²) in [7, 11) is 0. The summed E-state index contributed by atoms with van der Waals surface area (Å²) in [4.78, 5) is 17.9. The van der Waals surface area contributed by atoms with Crippen LogP contribution in [-0.2, 0) is 4.79 Å². The molecule has 1 aromatic carbocycles. The van der Waals surface area contributed by atoms with E-state index in [2.05, 4.69) is 4.98 Å². The first-order chi connectivity index (χ1) is 10.8. The van der Waals surface area contributed by atoms with Crippen LogP contribution in [0.5, 0.6) is 11.5 Å². The Bertz CT molecular complexity index is 604. The zero-order chi connectivity index (χ0) is 15.2. The molecule has 1 aliphatic heterocycles. The van der Waals surface area contributed by atoms with Gasteiger partial charge in [-0.3, -0.25) is 9.78 Å². The topological polar surface area (TPSA) is 51.7 Å². The Morgan fingerprint density at radius 3 is 2.68 bits per heavy atom. The van der Waals surface area contributed by atoms with Gasteiger partial charge in [-0.15, -0.1) is 0 Å². The Labute approximate surface area is 129 Å². The highest BCUT2D eigenvalue weighted by Crippen LogP contribution is 2.18. The number of benzene rings is 1. The molecule has 1 aromatic heterocycles. The van der Waals surface area contributed by atoms with Gasteiger partial charge in [-0.05, 0) is 24.3 Å².